The third-order valence-corrected chi connectivity index (χ3v) is 4.87. The summed E-state index contributed by atoms with van der Waals surface area (Å²) in [5.41, 5.74) is -0.884. The SMILES string of the molecule is CCCC1CCCCN1C(=O)CC(CC)(CC)C(=O)O. The van der Waals surface area contributed by atoms with Crippen molar-refractivity contribution in [3.05, 3.63) is 0 Å². The van der Waals surface area contributed by atoms with Gasteiger partial charge in [-0.25, -0.2) is 0 Å². The molecule has 1 saturated heterocycles. The first-order valence-corrected chi connectivity index (χ1v) is 8.03. The molecule has 116 valence electrons. The van der Waals surface area contributed by atoms with E-state index in [-0.39, 0.29) is 12.3 Å². The molecule has 1 aliphatic rings. The van der Waals surface area contributed by atoms with E-state index in [0.29, 0.717) is 18.9 Å². The molecule has 1 fully saturated rings. The minimum Gasteiger partial charge on any atom is -0.481 e. The van der Waals surface area contributed by atoms with Gasteiger partial charge in [0, 0.05) is 19.0 Å². The van der Waals surface area contributed by atoms with Crippen LogP contribution in [0, 0.1) is 5.41 Å². The first-order valence-electron chi connectivity index (χ1n) is 8.03. The molecule has 1 atom stereocenters. The summed E-state index contributed by atoms with van der Waals surface area (Å²) in [4.78, 5) is 26.1. The minimum atomic E-state index is -0.884. The highest BCUT2D eigenvalue weighted by Gasteiger charge is 2.39. The molecule has 1 unspecified atom stereocenters. The number of amides is 1. The highest BCUT2D eigenvalue weighted by Crippen LogP contribution is 2.33. The molecular formula is C16H29NO3. The lowest BCUT2D eigenvalue weighted by atomic mass is 9.78. The number of hydrogen-bond donors (Lipinski definition) is 1. The molecule has 1 rings (SSSR count). The summed E-state index contributed by atoms with van der Waals surface area (Å²) >= 11 is 0. The maximum absolute atomic E-state index is 12.6. The van der Waals surface area contributed by atoms with E-state index in [1.54, 1.807) is 0 Å². The van der Waals surface area contributed by atoms with Crippen LogP contribution < -0.4 is 0 Å². The van der Waals surface area contributed by atoms with Crippen molar-refractivity contribution in [1.29, 1.82) is 0 Å². The predicted molar refractivity (Wildman–Crippen MR) is 79.5 cm³/mol. The first-order chi connectivity index (χ1) is 9.50. The number of hydrogen-bond acceptors (Lipinski definition) is 2. The van der Waals surface area contributed by atoms with Crippen molar-refractivity contribution in [3.63, 3.8) is 0 Å². The molecule has 4 heteroatoms. The molecule has 1 N–H and O–H groups in total. The van der Waals surface area contributed by atoms with Crippen LogP contribution in [0.1, 0.15) is 72.1 Å². The second-order valence-corrected chi connectivity index (χ2v) is 5.99. The van der Waals surface area contributed by atoms with Gasteiger partial charge in [-0.3, -0.25) is 9.59 Å². The molecule has 1 aliphatic heterocycles. The fourth-order valence-corrected chi connectivity index (χ4v) is 3.23. The number of carbonyl (C=O) groups is 2. The van der Waals surface area contributed by atoms with E-state index in [9.17, 15) is 14.7 Å². The average Bonchev–Trinajstić information content (AvgIpc) is 2.45. The van der Waals surface area contributed by atoms with E-state index >= 15 is 0 Å². The van der Waals surface area contributed by atoms with Crippen LogP contribution in [0.15, 0.2) is 0 Å². The predicted octanol–water partition coefficient (Wildman–Crippen LogP) is 3.45. The zero-order chi connectivity index (χ0) is 15.2. The van der Waals surface area contributed by atoms with Crippen LogP contribution in [0.25, 0.3) is 0 Å². The van der Waals surface area contributed by atoms with E-state index in [0.717, 1.165) is 32.2 Å². The van der Waals surface area contributed by atoms with E-state index < -0.39 is 11.4 Å². The van der Waals surface area contributed by atoms with E-state index in [4.69, 9.17) is 0 Å². The fourth-order valence-electron chi connectivity index (χ4n) is 3.23. The third-order valence-electron chi connectivity index (χ3n) is 4.87. The number of carboxylic acid groups (broad SMARTS) is 1. The highest BCUT2D eigenvalue weighted by atomic mass is 16.4. The van der Waals surface area contributed by atoms with Crippen LogP contribution in [0.4, 0.5) is 0 Å². The normalized spacial score (nSPS) is 19.9. The highest BCUT2D eigenvalue weighted by molar-refractivity contribution is 5.85. The Morgan fingerprint density at radius 2 is 1.85 bits per heavy atom. The lowest BCUT2D eigenvalue weighted by molar-refractivity contribution is -0.155. The van der Waals surface area contributed by atoms with Gasteiger partial charge in [0.2, 0.25) is 5.91 Å². The van der Waals surface area contributed by atoms with E-state index in [2.05, 4.69) is 6.92 Å². The van der Waals surface area contributed by atoms with E-state index in [1.807, 2.05) is 18.7 Å². The van der Waals surface area contributed by atoms with Gasteiger partial charge in [0.05, 0.1) is 5.41 Å². The Kier molecular flexibility index (Phi) is 6.50. The monoisotopic (exact) mass is 283 g/mol. The summed E-state index contributed by atoms with van der Waals surface area (Å²) in [5, 5.41) is 9.47. The van der Waals surface area contributed by atoms with Crippen molar-refractivity contribution in [2.24, 2.45) is 5.41 Å². The fraction of sp³-hybridized carbons (Fsp3) is 0.875. The van der Waals surface area contributed by atoms with Gasteiger partial charge in [-0.1, -0.05) is 27.2 Å². The van der Waals surface area contributed by atoms with E-state index in [1.165, 1.54) is 6.42 Å². The Morgan fingerprint density at radius 1 is 1.20 bits per heavy atom. The summed E-state index contributed by atoms with van der Waals surface area (Å²) in [7, 11) is 0. The van der Waals surface area contributed by atoms with Crippen molar-refractivity contribution >= 4 is 11.9 Å². The van der Waals surface area contributed by atoms with Crippen LogP contribution in [0.2, 0.25) is 0 Å². The van der Waals surface area contributed by atoms with Gasteiger partial charge >= 0.3 is 5.97 Å². The molecule has 0 aromatic heterocycles. The summed E-state index contributed by atoms with van der Waals surface area (Å²) < 4.78 is 0. The lowest BCUT2D eigenvalue weighted by Crippen LogP contribution is -2.46. The number of aliphatic carboxylic acids is 1. The number of piperidine rings is 1. The molecule has 0 aliphatic carbocycles. The topological polar surface area (TPSA) is 57.6 Å². The van der Waals surface area contributed by atoms with Gasteiger partial charge in [-0.05, 0) is 38.5 Å². The second kappa shape index (κ2) is 7.65. The molecule has 1 amide bonds. The van der Waals surface area contributed by atoms with Crippen molar-refractivity contribution in [3.8, 4) is 0 Å². The Balaban J connectivity index is 2.78. The van der Waals surface area contributed by atoms with Gasteiger partial charge in [0.1, 0.15) is 0 Å². The number of nitrogens with zero attached hydrogens (tertiary/aromatic N) is 1. The number of carboxylic acids is 1. The molecule has 0 saturated carbocycles. The van der Waals surface area contributed by atoms with Crippen LogP contribution in [0.5, 0.6) is 0 Å². The maximum Gasteiger partial charge on any atom is 0.310 e. The van der Waals surface area contributed by atoms with Gasteiger partial charge in [-0.2, -0.15) is 0 Å². The second-order valence-electron chi connectivity index (χ2n) is 5.99. The molecule has 0 spiro atoms. The Bertz CT molecular complexity index is 335. The average molecular weight is 283 g/mol. The van der Waals surface area contributed by atoms with Gasteiger partial charge in [0.15, 0.2) is 0 Å². The maximum atomic E-state index is 12.6. The number of rotatable bonds is 7. The lowest BCUT2D eigenvalue weighted by Gasteiger charge is -2.38. The molecule has 0 radical (unpaired) electrons. The molecule has 0 aromatic rings. The smallest absolute Gasteiger partial charge is 0.310 e. The molecule has 4 nitrogen and oxygen atoms in total. The van der Waals surface area contributed by atoms with Gasteiger partial charge in [0.25, 0.3) is 0 Å². The van der Waals surface area contributed by atoms with Crippen molar-refractivity contribution in [2.75, 3.05) is 6.54 Å². The number of carbonyl (C=O) groups excluding carboxylic acids is 1. The van der Waals surface area contributed by atoms with Crippen molar-refractivity contribution in [1.82, 2.24) is 4.90 Å². The van der Waals surface area contributed by atoms with Crippen LogP contribution >= 0.6 is 0 Å². The Morgan fingerprint density at radius 3 is 2.35 bits per heavy atom. The summed E-state index contributed by atoms with van der Waals surface area (Å²) in [6.45, 7) is 6.67. The Hall–Kier alpha value is -1.06. The third kappa shape index (κ3) is 3.74. The summed E-state index contributed by atoms with van der Waals surface area (Å²) in [5.74, 6) is -0.797. The number of likely N-dealkylation sites (tertiary alicyclic amines) is 1. The summed E-state index contributed by atoms with van der Waals surface area (Å²) in [6.07, 6.45) is 6.57. The van der Waals surface area contributed by atoms with Gasteiger partial charge in [-0.15, -0.1) is 0 Å². The molecule has 1 heterocycles. The quantitative estimate of drug-likeness (QED) is 0.778. The Labute approximate surface area is 122 Å². The zero-order valence-corrected chi connectivity index (χ0v) is 13.2. The van der Waals surface area contributed by atoms with Gasteiger partial charge < -0.3 is 10.0 Å². The van der Waals surface area contributed by atoms with Crippen LogP contribution in [-0.2, 0) is 9.59 Å². The largest absolute Gasteiger partial charge is 0.481 e. The molecule has 0 bridgehead atoms. The van der Waals surface area contributed by atoms with Crippen LogP contribution in [-0.4, -0.2) is 34.5 Å². The molecule has 20 heavy (non-hydrogen) atoms. The van der Waals surface area contributed by atoms with Crippen LogP contribution in [0.3, 0.4) is 0 Å². The molecular weight excluding hydrogens is 254 g/mol. The minimum absolute atomic E-state index is 0.0363. The standard InChI is InChI=1S/C16H29NO3/c1-4-9-13-10-7-8-11-17(13)14(18)12-16(5-2,6-3)15(19)20/h13H,4-12H2,1-3H3,(H,19,20). The van der Waals surface area contributed by atoms with Crippen molar-refractivity contribution < 1.29 is 14.7 Å². The first kappa shape index (κ1) is 17.0. The summed E-state index contributed by atoms with van der Waals surface area (Å²) in [6, 6.07) is 0.321. The van der Waals surface area contributed by atoms with Crippen molar-refractivity contribution in [2.45, 2.75) is 78.2 Å². The zero-order valence-electron chi connectivity index (χ0n) is 13.2. The molecule has 0 aromatic carbocycles.